The van der Waals surface area contributed by atoms with Crippen molar-refractivity contribution in [1.29, 1.82) is 0 Å². The first-order chi connectivity index (χ1) is 15.1. The first-order valence-corrected chi connectivity index (χ1v) is 11.2. The van der Waals surface area contributed by atoms with Crippen LogP contribution >= 0.6 is 11.8 Å². The highest BCUT2D eigenvalue weighted by molar-refractivity contribution is 7.99. The molecule has 162 valence electrons. The van der Waals surface area contributed by atoms with Crippen molar-refractivity contribution in [3.8, 4) is 11.4 Å². The van der Waals surface area contributed by atoms with Crippen LogP contribution in [0.15, 0.2) is 52.4 Å². The summed E-state index contributed by atoms with van der Waals surface area (Å²) in [5.41, 5.74) is 1.99. The van der Waals surface area contributed by atoms with Gasteiger partial charge in [0, 0.05) is 13.2 Å². The molecule has 1 N–H and O–H groups in total. The Morgan fingerprint density at radius 1 is 1.32 bits per heavy atom. The summed E-state index contributed by atoms with van der Waals surface area (Å²) in [4.78, 5) is 30.5. The zero-order valence-electron chi connectivity index (χ0n) is 17.6. The zero-order chi connectivity index (χ0) is 21.8. The van der Waals surface area contributed by atoms with E-state index in [0.717, 1.165) is 25.0 Å². The number of thioether (sulfide) groups is 1. The molecule has 31 heavy (non-hydrogen) atoms. The number of aryl methyl sites for hydroxylation is 1. The summed E-state index contributed by atoms with van der Waals surface area (Å²) in [7, 11) is 1.57. The van der Waals surface area contributed by atoms with E-state index in [0.29, 0.717) is 34.0 Å². The molecule has 1 atom stereocenters. The van der Waals surface area contributed by atoms with E-state index in [9.17, 15) is 9.59 Å². The van der Waals surface area contributed by atoms with Gasteiger partial charge in [0.05, 0.1) is 35.6 Å². The van der Waals surface area contributed by atoms with E-state index < -0.39 is 0 Å². The fraction of sp³-hybridized carbons (Fsp3) is 0.348. The lowest BCUT2D eigenvalue weighted by atomic mass is 10.2. The van der Waals surface area contributed by atoms with E-state index >= 15 is 0 Å². The van der Waals surface area contributed by atoms with Crippen LogP contribution in [0.2, 0.25) is 0 Å². The van der Waals surface area contributed by atoms with Crippen molar-refractivity contribution in [2.45, 2.75) is 31.0 Å². The number of nitrogens with zero attached hydrogens (tertiary/aromatic N) is 2. The van der Waals surface area contributed by atoms with Gasteiger partial charge in [-0.25, -0.2) is 4.98 Å². The van der Waals surface area contributed by atoms with Gasteiger partial charge in [-0.2, -0.15) is 0 Å². The van der Waals surface area contributed by atoms with Gasteiger partial charge in [0.25, 0.3) is 5.56 Å². The number of amides is 1. The van der Waals surface area contributed by atoms with Crippen LogP contribution in [-0.2, 0) is 9.53 Å². The number of hydrogen-bond acceptors (Lipinski definition) is 6. The van der Waals surface area contributed by atoms with E-state index in [4.69, 9.17) is 14.5 Å². The summed E-state index contributed by atoms with van der Waals surface area (Å²) in [6, 6.07) is 12.9. The van der Waals surface area contributed by atoms with E-state index in [1.807, 2.05) is 37.3 Å². The fourth-order valence-electron chi connectivity index (χ4n) is 3.61. The van der Waals surface area contributed by atoms with Crippen LogP contribution in [0.25, 0.3) is 16.6 Å². The molecular weight excluding hydrogens is 414 g/mol. The molecule has 1 aliphatic rings. The van der Waals surface area contributed by atoms with Gasteiger partial charge in [0.1, 0.15) is 5.75 Å². The lowest BCUT2D eigenvalue weighted by molar-refractivity contribution is -0.119. The summed E-state index contributed by atoms with van der Waals surface area (Å²) in [5, 5.41) is 3.87. The molecule has 4 rings (SSSR count). The Morgan fingerprint density at radius 2 is 2.16 bits per heavy atom. The van der Waals surface area contributed by atoms with Gasteiger partial charge >= 0.3 is 0 Å². The Morgan fingerprint density at radius 3 is 2.94 bits per heavy atom. The second-order valence-corrected chi connectivity index (χ2v) is 8.40. The summed E-state index contributed by atoms with van der Waals surface area (Å²) >= 11 is 1.23. The van der Waals surface area contributed by atoms with Crippen LogP contribution in [0.5, 0.6) is 5.75 Å². The normalized spacial score (nSPS) is 15.9. The monoisotopic (exact) mass is 439 g/mol. The van der Waals surface area contributed by atoms with E-state index in [1.54, 1.807) is 19.2 Å². The van der Waals surface area contributed by atoms with Crippen LogP contribution in [-0.4, -0.2) is 47.6 Å². The van der Waals surface area contributed by atoms with Gasteiger partial charge in [-0.1, -0.05) is 30.0 Å². The van der Waals surface area contributed by atoms with E-state index in [1.165, 1.54) is 16.3 Å². The molecule has 2 heterocycles. The van der Waals surface area contributed by atoms with E-state index in [2.05, 4.69) is 5.32 Å². The zero-order valence-corrected chi connectivity index (χ0v) is 18.4. The van der Waals surface area contributed by atoms with Crippen LogP contribution in [0, 0.1) is 6.92 Å². The van der Waals surface area contributed by atoms with Crippen molar-refractivity contribution >= 4 is 28.6 Å². The first kappa shape index (κ1) is 21.4. The molecular formula is C23H25N3O4S. The van der Waals surface area contributed by atoms with Crippen molar-refractivity contribution in [2.75, 3.05) is 26.0 Å². The fourth-order valence-corrected chi connectivity index (χ4v) is 4.45. The van der Waals surface area contributed by atoms with Gasteiger partial charge in [0.2, 0.25) is 5.91 Å². The first-order valence-electron chi connectivity index (χ1n) is 10.2. The van der Waals surface area contributed by atoms with Crippen LogP contribution in [0.1, 0.15) is 18.4 Å². The Balaban J connectivity index is 1.67. The SMILES string of the molecule is COc1ccc(C)cc1-n1c(SCC(=O)NC[C@@H]2CCCO2)nc2ccccc2c1=O. The molecule has 1 aromatic heterocycles. The smallest absolute Gasteiger partial charge is 0.266 e. The molecule has 1 fully saturated rings. The number of nitrogens with one attached hydrogen (secondary N) is 1. The summed E-state index contributed by atoms with van der Waals surface area (Å²) in [6.07, 6.45) is 2.08. The molecule has 0 aliphatic carbocycles. The second kappa shape index (κ2) is 9.53. The van der Waals surface area contributed by atoms with Crippen molar-refractivity contribution in [2.24, 2.45) is 0 Å². The van der Waals surface area contributed by atoms with Gasteiger partial charge in [-0.15, -0.1) is 0 Å². The highest BCUT2D eigenvalue weighted by Crippen LogP contribution is 2.28. The molecule has 7 nitrogen and oxygen atoms in total. The average molecular weight is 440 g/mol. The Bertz CT molecular complexity index is 1160. The topological polar surface area (TPSA) is 82.4 Å². The van der Waals surface area contributed by atoms with Crippen molar-refractivity contribution < 1.29 is 14.3 Å². The minimum absolute atomic E-state index is 0.0856. The predicted octanol–water partition coefficient (Wildman–Crippen LogP) is 3.09. The molecule has 0 spiro atoms. The average Bonchev–Trinajstić information content (AvgIpc) is 3.30. The lowest BCUT2D eigenvalue weighted by Gasteiger charge is -2.16. The van der Waals surface area contributed by atoms with Gasteiger partial charge < -0.3 is 14.8 Å². The molecule has 0 unspecified atom stereocenters. The second-order valence-electron chi connectivity index (χ2n) is 7.46. The third-order valence-electron chi connectivity index (χ3n) is 5.20. The molecule has 1 amide bonds. The lowest BCUT2D eigenvalue weighted by Crippen LogP contribution is -2.33. The van der Waals surface area contributed by atoms with Gasteiger partial charge in [-0.3, -0.25) is 14.2 Å². The number of ether oxygens (including phenoxy) is 2. The number of hydrogen-bond donors (Lipinski definition) is 1. The number of fused-ring (bicyclic) bond motifs is 1. The Kier molecular flexibility index (Phi) is 6.58. The third-order valence-corrected chi connectivity index (χ3v) is 6.14. The molecule has 1 saturated heterocycles. The molecule has 8 heteroatoms. The Hall–Kier alpha value is -2.84. The highest BCUT2D eigenvalue weighted by atomic mass is 32.2. The van der Waals surface area contributed by atoms with Crippen molar-refractivity contribution in [3.63, 3.8) is 0 Å². The summed E-state index contributed by atoms with van der Waals surface area (Å²) in [5.74, 6) is 0.589. The Labute approximate surface area is 184 Å². The third kappa shape index (κ3) is 4.75. The van der Waals surface area contributed by atoms with Crippen LogP contribution < -0.4 is 15.6 Å². The summed E-state index contributed by atoms with van der Waals surface area (Å²) in [6.45, 7) is 3.21. The number of carbonyl (C=O) groups excluding carboxylic acids is 1. The summed E-state index contributed by atoms with van der Waals surface area (Å²) < 4.78 is 12.6. The number of para-hydroxylation sites is 1. The van der Waals surface area contributed by atoms with Gasteiger partial charge in [0.15, 0.2) is 5.16 Å². The van der Waals surface area contributed by atoms with Crippen molar-refractivity contribution in [3.05, 3.63) is 58.4 Å². The van der Waals surface area contributed by atoms with E-state index in [-0.39, 0.29) is 23.3 Å². The molecule has 1 aliphatic heterocycles. The number of aromatic nitrogens is 2. The maximum atomic E-state index is 13.4. The quantitative estimate of drug-likeness (QED) is 0.450. The largest absolute Gasteiger partial charge is 0.495 e. The highest BCUT2D eigenvalue weighted by Gasteiger charge is 2.19. The minimum atomic E-state index is -0.197. The number of benzene rings is 2. The predicted molar refractivity (Wildman–Crippen MR) is 121 cm³/mol. The number of rotatable bonds is 7. The molecule has 2 aromatic carbocycles. The standard InChI is InChI=1S/C23H25N3O4S/c1-15-9-10-20(29-2)19(12-15)26-22(28)17-7-3-4-8-18(17)25-23(26)31-14-21(27)24-13-16-6-5-11-30-16/h3-4,7-10,12,16H,5-6,11,13-14H2,1-2H3,(H,24,27)/t16-/m0/s1. The molecule has 0 radical (unpaired) electrons. The van der Waals surface area contributed by atoms with Gasteiger partial charge in [-0.05, 0) is 49.6 Å². The maximum absolute atomic E-state index is 13.4. The number of carbonyl (C=O) groups is 1. The van der Waals surface area contributed by atoms with Crippen LogP contribution in [0.3, 0.4) is 0 Å². The van der Waals surface area contributed by atoms with Crippen LogP contribution in [0.4, 0.5) is 0 Å². The minimum Gasteiger partial charge on any atom is -0.495 e. The molecule has 3 aromatic rings. The molecule has 0 saturated carbocycles. The number of methoxy groups -OCH3 is 1. The van der Waals surface area contributed by atoms with Crippen molar-refractivity contribution in [1.82, 2.24) is 14.9 Å². The molecule has 0 bridgehead atoms. The maximum Gasteiger partial charge on any atom is 0.266 e.